The van der Waals surface area contributed by atoms with Crippen LogP contribution in [0.15, 0.2) is 41.7 Å². The summed E-state index contributed by atoms with van der Waals surface area (Å²) in [6.07, 6.45) is 16.8. The van der Waals surface area contributed by atoms with Gasteiger partial charge in [0, 0.05) is 12.8 Å². The number of hydrogen-bond donors (Lipinski definition) is 0. The number of rotatable bonds is 3. The zero-order valence-corrected chi connectivity index (χ0v) is 14.6. The normalized spacial score (nSPS) is 19.2. The van der Waals surface area contributed by atoms with Crippen LogP contribution in [0.5, 0.6) is 0 Å². The Morgan fingerprint density at radius 2 is 1.53 bits per heavy atom. The molecule has 0 saturated carbocycles. The van der Waals surface area contributed by atoms with Crippen molar-refractivity contribution in [2.75, 3.05) is 0 Å². The highest BCUT2D eigenvalue weighted by Crippen LogP contribution is 2.40. The van der Waals surface area contributed by atoms with Crippen molar-refractivity contribution >= 4 is 8.07 Å². The maximum absolute atomic E-state index is 3.77. The smallest absolute Gasteiger partial charge is 0.0725 e. The number of hydrogen-bond acceptors (Lipinski definition) is 0. The molecule has 0 spiro atoms. The summed E-state index contributed by atoms with van der Waals surface area (Å²) in [6, 6.07) is 0. The molecule has 1 aliphatic carbocycles. The van der Waals surface area contributed by atoms with Crippen LogP contribution in [-0.4, -0.2) is 8.07 Å². The minimum absolute atomic E-state index is 0.389. The fourth-order valence-corrected chi connectivity index (χ4v) is 3.80. The standard InChI is InChI=1S/C18H29Si/c1-15(17-12-10-8-9-11-13-17)14-16(2)19(6,7)18(3,4)5/h8-13,15,17H,1-7H3/q+1/t15-/m1/s1. The van der Waals surface area contributed by atoms with Gasteiger partial charge in [0.1, 0.15) is 13.3 Å². The zero-order valence-electron chi connectivity index (χ0n) is 13.6. The predicted molar refractivity (Wildman–Crippen MR) is 89.7 cm³/mol. The zero-order chi connectivity index (χ0) is 14.7. The van der Waals surface area contributed by atoms with Crippen molar-refractivity contribution in [2.45, 2.75) is 52.8 Å². The van der Waals surface area contributed by atoms with Gasteiger partial charge in [0.15, 0.2) is 5.92 Å². The highest BCUT2D eigenvalue weighted by Gasteiger charge is 2.43. The summed E-state index contributed by atoms with van der Waals surface area (Å²) in [6.45, 7) is 16.6. The monoisotopic (exact) mass is 273 g/mol. The van der Waals surface area contributed by atoms with Gasteiger partial charge in [0.25, 0.3) is 0 Å². The van der Waals surface area contributed by atoms with Crippen LogP contribution >= 0.6 is 0 Å². The molecule has 0 fully saturated rings. The van der Waals surface area contributed by atoms with Crippen LogP contribution in [0.4, 0.5) is 0 Å². The van der Waals surface area contributed by atoms with Gasteiger partial charge in [0.2, 0.25) is 6.08 Å². The van der Waals surface area contributed by atoms with E-state index in [9.17, 15) is 0 Å². The van der Waals surface area contributed by atoms with Crippen LogP contribution in [0.25, 0.3) is 0 Å². The molecule has 19 heavy (non-hydrogen) atoms. The van der Waals surface area contributed by atoms with E-state index >= 15 is 0 Å². The first-order valence-electron chi connectivity index (χ1n) is 7.28. The van der Waals surface area contributed by atoms with Gasteiger partial charge < -0.3 is 0 Å². The van der Waals surface area contributed by atoms with E-state index in [0.717, 1.165) is 0 Å². The first-order valence-corrected chi connectivity index (χ1v) is 10.3. The van der Waals surface area contributed by atoms with Crippen molar-refractivity contribution in [3.05, 3.63) is 47.7 Å². The third-order valence-corrected chi connectivity index (χ3v) is 10.6. The minimum Gasteiger partial charge on any atom is -0.0725 e. The highest BCUT2D eigenvalue weighted by atomic mass is 28.3. The summed E-state index contributed by atoms with van der Waals surface area (Å²) in [4.78, 5) is 0. The molecule has 0 saturated heterocycles. The second-order valence-electron chi connectivity index (χ2n) is 7.17. The van der Waals surface area contributed by atoms with Gasteiger partial charge in [-0.2, -0.15) is 0 Å². The van der Waals surface area contributed by atoms with E-state index in [4.69, 9.17) is 0 Å². The Bertz CT molecular complexity index is 397. The summed E-state index contributed by atoms with van der Waals surface area (Å²) in [5, 5.41) is 1.90. The number of allylic oxidation sites excluding steroid dienone is 8. The molecule has 1 aliphatic rings. The fourth-order valence-electron chi connectivity index (χ4n) is 2.09. The molecule has 0 aromatic carbocycles. The lowest BCUT2D eigenvalue weighted by atomic mass is 9.93. The molecule has 1 rings (SSSR count). The average Bonchev–Trinajstić information content (AvgIpc) is 2.55. The summed E-state index contributed by atoms with van der Waals surface area (Å²) in [7, 11) is -1.41. The van der Waals surface area contributed by atoms with Gasteiger partial charge >= 0.3 is 0 Å². The van der Waals surface area contributed by atoms with E-state index in [2.05, 4.69) is 90.2 Å². The molecule has 0 nitrogen and oxygen atoms in total. The molecular formula is C18H29Si+. The average molecular weight is 274 g/mol. The van der Waals surface area contributed by atoms with Gasteiger partial charge in [-0.25, -0.2) is 0 Å². The molecule has 0 aromatic heterocycles. The summed E-state index contributed by atoms with van der Waals surface area (Å²) < 4.78 is 0. The van der Waals surface area contributed by atoms with Crippen molar-refractivity contribution in [1.29, 1.82) is 0 Å². The van der Waals surface area contributed by atoms with Crippen LogP contribution < -0.4 is 0 Å². The fraction of sp³-hybridized carbons (Fsp3) is 0.556. The molecule has 0 heterocycles. The van der Waals surface area contributed by atoms with Crippen molar-refractivity contribution in [2.24, 2.45) is 11.8 Å². The Hall–Kier alpha value is -0.913. The van der Waals surface area contributed by atoms with E-state index < -0.39 is 8.07 Å². The lowest BCUT2D eigenvalue weighted by Crippen LogP contribution is -2.39. The third kappa shape index (κ3) is 4.02. The Morgan fingerprint density at radius 3 is 1.95 bits per heavy atom. The second-order valence-corrected chi connectivity index (χ2v) is 12.7. The Labute approximate surface area is 121 Å². The van der Waals surface area contributed by atoms with Crippen LogP contribution in [0.2, 0.25) is 18.1 Å². The SMILES string of the molecule is CC(=[C+][C@@H](C)C1C=CC=CC=C1)[Si](C)(C)C(C)(C)C. The third-order valence-electron chi connectivity index (χ3n) is 4.83. The molecule has 104 valence electrons. The van der Waals surface area contributed by atoms with E-state index in [1.54, 1.807) is 0 Å². The molecule has 1 heteroatoms. The van der Waals surface area contributed by atoms with Gasteiger partial charge in [-0.3, -0.25) is 0 Å². The molecule has 0 bridgehead atoms. The second kappa shape index (κ2) is 6.03. The Morgan fingerprint density at radius 1 is 1.05 bits per heavy atom. The van der Waals surface area contributed by atoms with E-state index in [1.807, 2.05) is 0 Å². The van der Waals surface area contributed by atoms with Crippen LogP contribution in [0.1, 0.15) is 34.6 Å². The molecule has 0 radical (unpaired) electrons. The quantitative estimate of drug-likeness (QED) is 0.456. The maximum atomic E-state index is 3.77. The van der Waals surface area contributed by atoms with E-state index in [-0.39, 0.29) is 0 Å². The molecule has 0 amide bonds. The maximum Gasteiger partial charge on any atom is 0.219 e. The first kappa shape index (κ1) is 16.1. The molecule has 0 N–H and O–H groups in total. The first-order chi connectivity index (χ1) is 8.66. The predicted octanol–water partition coefficient (Wildman–Crippen LogP) is 5.72. The molecular weight excluding hydrogens is 244 g/mol. The summed E-state index contributed by atoms with van der Waals surface area (Å²) in [5.41, 5.74) is 0. The van der Waals surface area contributed by atoms with Gasteiger partial charge in [-0.1, -0.05) is 70.3 Å². The molecule has 0 aromatic rings. The molecule has 0 aliphatic heterocycles. The van der Waals surface area contributed by atoms with E-state index in [1.165, 1.54) is 5.20 Å². The minimum atomic E-state index is -1.41. The van der Waals surface area contributed by atoms with Crippen LogP contribution in [0, 0.1) is 17.9 Å². The largest absolute Gasteiger partial charge is 0.219 e. The van der Waals surface area contributed by atoms with Gasteiger partial charge in [-0.15, -0.1) is 0 Å². The van der Waals surface area contributed by atoms with E-state index in [0.29, 0.717) is 16.9 Å². The molecule has 1 atom stereocenters. The lowest BCUT2D eigenvalue weighted by Gasteiger charge is -2.33. The van der Waals surface area contributed by atoms with Gasteiger partial charge in [0.05, 0.1) is 0 Å². The van der Waals surface area contributed by atoms with Crippen molar-refractivity contribution in [1.82, 2.24) is 0 Å². The molecule has 0 unspecified atom stereocenters. The topological polar surface area (TPSA) is 0 Å². The summed E-state index contributed by atoms with van der Waals surface area (Å²) >= 11 is 0. The Balaban J connectivity index is 2.90. The van der Waals surface area contributed by atoms with Crippen LogP contribution in [-0.2, 0) is 0 Å². The van der Waals surface area contributed by atoms with Crippen molar-refractivity contribution in [3.8, 4) is 0 Å². The van der Waals surface area contributed by atoms with Gasteiger partial charge in [-0.05, 0) is 12.0 Å². The highest BCUT2D eigenvalue weighted by molar-refractivity contribution is 6.86. The Kier molecular flexibility index (Phi) is 5.12. The van der Waals surface area contributed by atoms with Crippen LogP contribution in [0.3, 0.4) is 0 Å². The summed E-state index contributed by atoms with van der Waals surface area (Å²) in [5.74, 6) is 0.913. The van der Waals surface area contributed by atoms with Crippen molar-refractivity contribution < 1.29 is 0 Å². The lowest BCUT2D eigenvalue weighted by molar-refractivity contribution is 0.593. The van der Waals surface area contributed by atoms with Crippen molar-refractivity contribution in [3.63, 3.8) is 0 Å².